The number of fused-ring (bicyclic) bond motifs is 1. The van der Waals surface area contributed by atoms with Crippen LogP contribution in [0.5, 0.6) is 5.75 Å². The fourth-order valence-corrected chi connectivity index (χ4v) is 3.86. The van der Waals surface area contributed by atoms with Crippen LogP contribution in [-0.2, 0) is 10.0 Å². The summed E-state index contributed by atoms with van der Waals surface area (Å²) in [6, 6.07) is 13.9. The molecule has 110 valence electrons. The van der Waals surface area contributed by atoms with Gasteiger partial charge < -0.3 is 10.1 Å². The zero-order valence-corrected chi connectivity index (χ0v) is 12.4. The lowest BCUT2D eigenvalue weighted by atomic mass is 10.2. The molecule has 2 aromatic rings. The van der Waals surface area contributed by atoms with E-state index in [1.807, 2.05) is 24.3 Å². The van der Waals surface area contributed by atoms with Gasteiger partial charge >= 0.3 is 0 Å². The highest BCUT2D eigenvalue weighted by molar-refractivity contribution is 7.92. The van der Waals surface area contributed by atoms with Crippen LogP contribution in [0, 0.1) is 0 Å². The summed E-state index contributed by atoms with van der Waals surface area (Å²) < 4.78 is 32.1. The Hall–Kier alpha value is -2.21. The van der Waals surface area contributed by atoms with Gasteiger partial charge in [-0.2, -0.15) is 0 Å². The average molecular weight is 304 g/mol. The molecule has 1 heterocycles. The number of anilines is 2. The van der Waals surface area contributed by atoms with Crippen molar-refractivity contribution in [3.63, 3.8) is 0 Å². The highest BCUT2D eigenvalue weighted by Gasteiger charge is 2.28. The van der Waals surface area contributed by atoms with E-state index < -0.39 is 10.0 Å². The summed E-state index contributed by atoms with van der Waals surface area (Å²) in [6.07, 6.45) is 0. The lowest BCUT2D eigenvalue weighted by molar-refractivity contribution is 0.414. The number of para-hydroxylation sites is 2. The molecule has 0 atom stereocenters. The second-order valence-electron chi connectivity index (χ2n) is 4.70. The molecule has 0 saturated carbocycles. The van der Waals surface area contributed by atoms with E-state index in [1.54, 1.807) is 31.4 Å². The molecule has 1 aliphatic heterocycles. The van der Waals surface area contributed by atoms with E-state index in [9.17, 15) is 8.42 Å². The van der Waals surface area contributed by atoms with Crippen LogP contribution < -0.4 is 14.4 Å². The van der Waals surface area contributed by atoms with Gasteiger partial charge in [0.2, 0.25) is 0 Å². The van der Waals surface area contributed by atoms with E-state index in [0.29, 0.717) is 24.5 Å². The number of ether oxygens (including phenoxy) is 1. The van der Waals surface area contributed by atoms with Gasteiger partial charge in [-0.3, -0.25) is 4.31 Å². The van der Waals surface area contributed by atoms with Crippen molar-refractivity contribution < 1.29 is 13.2 Å². The van der Waals surface area contributed by atoms with Crippen molar-refractivity contribution in [2.24, 2.45) is 0 Å². The number of sulfonamides is 1. The molecule has 0 spiro atoms. The predicted octanol–water partition coefficient (Wildman–Crippen LogP) is 2.32. The molecule has 1 N–H and O–H groups in total. The van der Waals surface area contributed by atoms with Crippen LogP contribution >= 0.6 is 0 Å². The molecule has 6 heteroatoms. The Morgan fingerprint density at radius 1 is 1.10 bits per heavy atom. The maximum Gasteiger partial charge on any atom is 0.264 e. The van der Waals surface area contributed by atoms with Crippen LogP contribution in [0.4, 0.5) is 11.4 Å². The van der Waals surface area contributed by atoms with Gasteiger partial charge in [-0.25, -0.2) is 8.42 Å². The Morgan fingerprint density at radius 3 is 2.52 bits per heavy atom. The summed E-state index contributed by atoms with van der Waals surface area (Å²) >= 11 is 0. The van der Waals surface area contributed by atoms with E-state index in [1.165, 1.54) is 4.31 Å². The van der Waals surface area contributed by atoms with E-state index in [4.69, 9.17) is 4.74 Å². The standard InChI is InChI=1S/C15H16N2O3S/c1-20-12-6-8-13(9-7-12)21(18,19)17-11-10-16-14-4-2-3-5-15(14)17/h2-9,16H,10-11H2,1H3. The molecule has 3 rings (SSSR count). The molecule has 2 aromatic carbocycles. The summed E-state index contributed by atoms with van der Waals surface area (Å²) in [4.78, 5) is 0.264. The highest BCUT2D eigenvalue weighted by Crippen LogP contribution is 2.33. The molecule has 0 aromatic heterocycles. The summed E-state index contributed by atoms with van der Waals surface area (Å²) in [6.45, 7) is 0.998. The van der Waals surface area contributed by atoms with Crippen LogP contribution in [0.2, 0.25) is 0 Å². The second kappa shape index (κ2) is 5.29. The van der Waals surface area contributed by atoms with Gasteiger partial charge in [-0.15, -0.1) is 0 Å². The Kier molecular flexibility index (Phi) is 3.47. The minimum Gasteiger partial charge on any atom is -0.497 e. The quantitative estimate of drug-likeness (QED) is 0.945. The van der Waals surface area contributed by atoms with Crippen molar-refractivity contribution in [2.75, 3.05) is 29.8 Å². The van der Waals surface area contributed by atoms with Gasteiger partial charge in [0.15, 0.2) is 0 Å². The fraction of sp³-hybridized carbons (Fsp3) is 0.200. The van der Waals surface area contributed by atoms with Crippen molar-refractivity contribution >= 4 is 21.4 Å². The average Bonchev–Trinajstić information content (AvgIpc) is 2.54. The van der Waals surface area contributed by atoms with Crippen LogP contribution in [0.25, 0.3) is 0 Å². The van der Waals surface area contributed by atoms with Gasteiger partial charge in [-0.1, -0.05) is 12.1 Å². The number of hydrogen-bond acceptors (Lipinski definition) is 4. The largest absolute Gasteiger partial charge is 0.497 e. The van der Waals surface area contributed by atoms with Crippen LogP contribution in [0.15, 0.2) is 53.4 Å². The minimum absolute atomic E-state index is 0.264. The molecular formula is C15H16N2O3S. The van der Waals surface area contributed by atoms with Crippen molar-refractivity contribution in [3.05, 3.63) is 48.5 Å². The number of methoxy groups -OCH3 is 1. The minimum atomic E-state index is -3.56. The zero-order chi connectivity index (χ0) is 14.9. The Bertz CT molecular complexity index is 742. The molecule has 0 saturated heterocycles. The van der Waals surface area contributed by atoms with Crippen LogP contribution in [0.3, 0.4) is 0 Å². The molecule has 0 bridgehead atoms. The molecule has 0 amide bonds. The fourth-order valence-electron chi connectivity index (χ4n) is 2.38. The van der Waals surface area contributed by atoms with Gasteiger partial charge in [0.05, 0.1) is 29.9 Å². The second-order valence-corrected chi connectivity index (χ2v) is 6.56. The number of rotatable bonds is 3. The normalized spacial score (nSPS) is 14.2. The Labute approximate surface area is 124 Å². The van der Waals surface area contributed by atoms with Crippen molar-refractivity contribution in [3.8, 4) is 5.75 Å². The number of benzene rings is 2. The molecule has 21 heavy (non-hydrogen) atoms. The number of nitrogens with zero attached hydrogens (tertiary/aromatic N) is 1. The zero-order valence-electron chi connectivity index (χ0n) is 11.6. The first-order valence-corrected chi connectivity index (χ1v) is 8.06. The lowest BCUT2D eigenvalue weighted by Gasteiger charge is -2.31. The number of hydrogen-bond donors (Lipinski definition) is 1. The lowest BCUT2D eigenvalue weighted by Crippen LogP contribution is -2.38. The van der Waals surface area contributed by atoms with Crippen LogP contribution in [0.1, 0.15) is 0 Å². The third-order valence-corrected chi connectivity index (χ3v) is 5.28. The predicted molar refractivity (Wildman–Crippen MR) is 82.5 cm³/mol. The van der Waals surface area contributed by atoms with E-state index in [0.717, 1.165) is 5.69 Å². The Balaban J connectivity index is 2.02. The third-order valence-electron chi connectivity index (χ3n) is 3.45. The molecule has 0 fully saturated rings. The van der Waals surface area contributed by atoms with Crippen LogP contribution in [-0.4, -0.2) is 28.6 Å². The highest BCUT2D eigenvalue weighted by atomic mass is 32.2. The first kappa shape index (κ1) is 13.8. The summed E-state index contributed by atoms with van der Waals surface area (Å²) in [5.41, 5.74) is 1.51. The SMILES string of the molecule is COc1ccc(S(=O)(=O)N2CCNc3ccccc32)cc1. The topological polar surface area (TPSA) is 58.6 Å². The summed E-state index contributed by atoms with van der Waals surface area (Å²) in [7, 11) is -2.01. The molecule has 0 aliphatic carbocycles. The van der Waals surface area contributed by atoms with Gasteiger partial charge in [-0.05, 0) is 36.4 Å². The van der Waals surface area contributed by atoms with Gasteiger partial charge in [0, 0.05) is 6.54 Å². The maximum absolute atomic E-state index is 12.8. The van der Waals surface area contributed by atoms with Crippen molar-refractivity contribution in [2.45, 2.75) is 4.90 Å². The number of nitrogens with one attached hydrogen (secondary N) is 1. The van der Waals surface area contributed by atoms with E-state index in [2.05, 4.69) is 5.32 Å². The van der Waals surface area contributed by atoms with E-state index in [-0.39, 0.29) is 4.90 Å². The van der Waals surface area contributed by atoms with Crippen molar-refractivity contribution in [1.29, 1.82) is 0 Å². The molecule has 0 radical (unpaired) electrons. The smallest absolute Gasteiger partial charge is 0.264 e. The molecule has 1 aliphatic rings. The van der Waals surface area contributed by atoms with Gasteiger partial charge in [0.25, 0.3) is 10.0 Å². The first-order chi connectivity index (χ1) is 10.1. The van der Waals surface area contributed by atoms with Crippen molar-refractivity contribution in [1.82, 2.24) is 0 Å². The van der Waals surface area contributed by atoms with E-state index >= 15 is 0 Å². The maximum atomic E-state index is 12.8. The molecular weight excluding hydrogens is 288 g/mol. The monoisotopic (exact) mass is 304 g/mol. The molecule has 5 nitrogen and oxygen atoms in total. The Morgan fingerprint density at radius 2 is 1.81 bits per heavy atom. The summed E-state index contributed by atoms with van der Waals surface area (Å²) in [5, 5.41) is 3.21. The first-order valence-electron chi connectivity index (χ1n) is 6.62. The van der Waals surface area contributed by atoms with Gasteiger partial charge in [0.1, 0.15) is 5.75 Å². The summed E-state index contributed by atoms with van der Waals surface area (Å²) in [5.74, 6) is 0.634. The molecule has 0 unspecified atom stereocenters. The third kappa shape index (κ3) is 2.42.